The Balaban J connectivity index is 1.51. The molecule has 0 atom stereocenters. The van der Waals surface area contributed by atoms with Crippen molar-refractivity contribution >= 4 is 23.4 Å². The molecule has 1 amide bonds. The van der Waals surface area contributed by atoms with Crippen molar-refractivity contribution in [2.45, 2.75) is 25.0 Å². The zero-order valence-electron chi connectivity index (χ0n) is 13.9. The third kappa shape index (κ3) is 4.93. The third-order valence-electron chi connectivity index (χ3n) is 3.53. The molecule has 5 nitrogen and oxygen atoms in total. The van der Waals surface area contributed by atoms with Crippen LogP contribution in [0, 0.1) is 0 Å². The van der Waals surface area contributed by atoms with E-state index < -0.39 is 0 Å². The van der Waals surface area contributed by atoms with E-state index in [4.69, 9.17) is 4.42 Å². The minimum absolute atomic E-state index is 0.104. The molecule has 0 bridgehead atoms. The molecule has 3 rings (SSSR count). The van der Waals surface area contributed by atoms with E-state index >= 15 is 0 Å². The molecule has 0 aliphatic heterocycles. The number of aromatic nitrogens is 2. The summed E-state index contributed by atoms with van der Waals surface area (Å²) in [5.41, 5.74) is 2.92. The van der Waals surface area contributed by atoms with Gasteiger partial charge in [-0.2, -0.15) is 0 Å². The van der Waals surface area contributed by atoms with Gasteiger partial charge in [-0.1, -0.05) is 55.4 Å². The summed E-state index contributed by atoms with van der Waals surface area (Å²) in [5, 5.41) is 11.2. The van der Waals surface area contributed by atoms with Crippen molar-refractivity contribution in [3.63, 3.8) is 0 Å². The smallest absolute Gasteiger partial charge is 0.277 e. The number of aryl methyl sites for hydroxylation is 1. The molecule has 2 aromatic carbocycles. The molecule has 3 aromatic rings. The predicted molar refractivity (Wildman–Crippen MR) is 99.5 cm³/mol. The number of amides is 1. The van der Waals surface area contributed by atoms with E-state index in [1.807, 2.05) is 54.6 Å². The van der Waals surface area contributed by atoms with E-state index in [1.54, 1.807) is 0 Å². The second-order valence-electron chi connectivity index (χ2n) is 5.52. The lowest BCUT2D eigenvalue weighted by Crippen LogP contribution is -2.13. The molecule has 6 heteroatoms. The molecule has 0 aliphatic carbocycles. The number of rotatable bonds is 7. The van der Waals surface area contributed by atoms with Gasteiger partial charge in [-0.3, -0.25) is 4.79 Å². The van der Waals surface area contributed by atoms with Crippen LogP contribution in [0.25, 0.3) is 11.5 Å². The number of benzene rings is 2. The van der Waals surface area contributed by atoms with E-state index in [0.29, 0.717) is 11.1 Å². The quantitative estimate of drug-likeness (QED) is 0.637. The maximum Gasteiger partial charge on any atom is 0.277 e. The molecule has 128 valence electrons. The molecular formula is C19H19N3O2S. The van der Waals surface area contributed by atoms with Gasteiger partial charge in [0.25, 0.3) is 5.22 Å². The Morgan fingerprint density at radius 1 is 1.08 bits per heavy atom. The van der Waals surface area contributed by atoms with E-state index in [2.05, 4.69) is 22.4 Å². The standard InChI is InChI=1S/C19H19N3O2S/c1-2-6-14-9-11-16(12-10-14)20-17(23)13-25-19-22-21-18(24-19)15-7-4-3-5-8-15/h3-5,7-12H,2,6,13H2,1H3,(H,20,23). The average Bonchev–Trinajstić information content (AvgIpc) is 3.12. The fourth-order valence-electron chi connectivity index (χ4n) is 2.33. The summed E-state index contributed by atoms with van der Waals surface area (Å²) in [6, 6.07) is 17.5. The van der Waals surface area contributed by atoms with Gasteiger partial charge in [0, 0.05) is 11.3 Å². The van der Waals surface area contributed by atoms with Gasteiger partial charge in [-0.15, -0.1) is 10.2 Å². The van der Waals surface area contributed by atoms with Crippen molar-refractivity contribution in [3.8, 4) is 11.5 Å². The maximum absolute atomic E-state index is 12.1. The highest BCUT2D eigenvalue weighted by Crippen LogP contribution is 2.23. The Morgan fingerprint density at radius 2 is 1.84 bits per heavy atom. The first kappa shape index (κ1) is 17.2. The Kier molecular flexibility index (Phi) is 5.85. The number of hydrogen-bond acceptors (Lipinski definition) is 5. The van der Waals surface area contributed by atoms with Crippen LogP contribution in [0.15, 0.2) is 64.2 Å². The molecule has 1 N–H and O–H groups in total. The summed E-state index contributed by atoms with van der Waals surface area (Å²) in [7, 11) is 0. The summed E-state index contributed by atoms with van der Waals surface area (Å²) in [6.07, 6.45) is 2.16. The second-order valence-corrected chi connectivity index (χ2v) is 6.45. The lowest BCUT2D eigenvalue weighted by atomic mass is 10.1. The molecule has 0 aliphatic rings. The Morgan fingerprint density at radius 3 is 2.56 bits per heavy atom. The van der Waals surface area contributed by atoms with E-state index in [1.165, 1.54) is 17.3 Å². The highest BCUT2D eigenvalue weighted by atomic mass is 32.2. The minimum atomic E-state index is -0.104. The summed E-state index contributed by atoms with van der Waals surface area (Å²) in [4.78, 5) is 12.1. The maximum atomic E-state index is 12.1. The number of nitrogens with zero attached hydrogens (tertiary/aromatic N) is 2. The molecule has 1 aromatic heterocycles. The van der Waals surface area contributed by atoms with Gasteiger partial charge in [0.1, 0.15) is 0 Å². The molecular weight excluding hydrogens is 334 g/mol. The van der Waals surface area contributed by atoms with Gasteiger partial charge >= 0.3 is 0 Å². The zero-order chi connectivity index (χ0) is 17.5. The van der Waals surface area contributed by atoms with E-state index in [0.717, 1.165) is 24.1 Å². The zero-order valence-corrected chi connectivity index (χ0v) is 14.8. The van der Waals surface area contributed by atoms with Crippen LogP contribution in [0.2, 0.25) is 0 Å². The van der Waals surface area contributed by atoms with Gasteiger partial charge in [0.2, 0.25) is 11.8 Å². The number of thioether (sulfide) groups is 1. The van der Waals surface area contributed by atoms with Crippen LogP contribution < -0.4 is 5.32 Å². The van der Waals surface area contributed by atoms with E-state index in [-0.39, 0.29) is 11.7 Å². The molecule has 0 spiro atoms. The van der Waals surface area contributed by atoms with Crippen LogP contribution in [-0.4, -0.2) is 21.9 Å². The van der Waals surface area contributed by atoms with Crippen molar-refractivity contribution in [2.75, 3.05) is 11.1 Å². The van der Waals surface area contributed by atoms with Crippen LogP contribution in [0.4, 0.5) is 5.69 Å². The third-order valence-corrected chi connectivity index (χ3v) is 4.35. The van der Waals surface area contributed by atoms with E-state index in [9.17, 15) is 4.79 Å². The normalized spacial score (nSPS) is 10.6. The van der Waals surface area contributed by atoms with Crippen molar-refractivity contribution in [3.05, 3.63) is 60.2 Å². The van der Waals surface area contributed by atoms with Crippen LogP contribution >= 0.6 is 11.8 Å². The van der Waals surface area contributed by atoms with Crippen LogP contribution in [-0.2, 0) is 11.2 Å². The largest absolute Gasteiger partial charge is 0.411 e. The average molecular weight is 353 g/mol. The van der Waals surface area contributed by atoms with Crippen molar-refractivity contribution < 1.29 is 9.21 Å². The molecule has 0 radical (unpaired) electrons. The number of carbonyl (C=O) groups is 1. The summed E-state index contributed by atoms with van der Waals surface area (Å²) >= 11 is 1.22. The first-order valence-corrected chi connectivity index (χ1v) is 9.13. The molecule has 0 saturated heterocycles. The SMILES string of the molecule is CCCc1ccc(NC(=O)CSc2nnc(-c3ccccc3)o2)cc1. The van der Waals surface area contributed by atoms with Gasteiger partial charge in [-0.05, 0) is 36.2 Å². The highest BCUT2D eigenvalue weighted by Gasteiger charge is 2.11. The molecule has 0 fully saturated rings. The number of carbonyl (C=O) groups excluding carboxylic acids is 1. The Hall–Kier alpha value is -2.60. The number of nitrogens with one attached hydrogen (secondary N) is 1. The highest BCUT2D eigenvalue weighted by molar-refractivity contribution is 7.99. The number of anilines is 1. The topological polar surface area (TPSA) is 68.0 Å². The second kappa shape index (κ2) is 8.48. The fourth-order valence-corrected chi connectivity index (χ4v) is 2.90. The summed E-state index contributed by atoms with van der Waals surface area (Å²) in [5.74, 6) is 0.565. The molecule has 0 unspecified atom stereocenters. The van der Waals surface area contributed by atoms with Gasteiger partial charge in [-0.25, -0.2) is 0 Å². The van der Waals surface area contributed by atoms with Gasteiger partial charge < -0.3 is 9.73 Å². The minimum Gasteiger partial charge on any atom is -0.411 e. The van der Waals surface area contributed by atoms with Gasteiger partial charge in [0.15, 0.2) is 0 Å². The lowest BCUT2D eigenvalue weighted by Gasteiger charge is -2.05. The van der Waals surface area contributed by atoms with Crippen molar-refractivity contribution in [1.29, 1.82) is 0 Å². The Bertz CT molecular complexity index is 816. The lowest BCUT2D eigenvalue weighted by molar-refractivity contribution is -0.113. The van der Waals surface area contributed by atoms with Gasteiger partial charge in [0.05, 0.1) is 5.75 Å². The van der Waals surface area contributed by atoms with Crippen LogP contribution in [0.5, 0.6) is 0 Å². The molecule has 25 heavy (non-hydrogen) atoms. The summed E-state index contributed by atoms with van der Waals surface area (Å²) in [6.45, 7) is 2.15. The Labute approximate surface area is 150 Å². The first-order chi connectivity index (χ1) is 12.2. The monoisotopic (exact) mass is 353 g/mol. The molecule has 0 saturated carbocycles. The van der Waals surface area contributed by atoms with Crippen LogP contribution in [0.1, 0.15) is 18.9 Å². The predicted octanol–water partition coefficient (Wildman–Crippen LogP) is 4.42. The molecule has 1 heterocycles. The first-order valence-electron chi connectivity index (χ1n) is 8.15. The number of hydrogen-bond donors (Lipinski definition) is 1. The van der Waals surface area contributed by atoms with Crippen LogP contribution in [0.3, 0.4) is 0 Å². The fraction of sp³-hybridized carbons (Fsp3) is 0.211. The van der Waals surface area contributed by atoms with Crippen molar-refractivity contribution in [1.82, 2.24) is 10.2 Å². The van der Waals surface area contributed by atoms with Crippen molar-refractivity contribution in [2.24, 2.45) is 0 Å². The summed E-state index contributed by atoms with van der Waals surface area (Å²) < 4.78 is 5.57.